The molecule has 5 heteroatoms. The number of nitrogens with one attached hydrogen (secondary N) is 1. The van der Waals surface area contributed by atoms with Crippen LogP contribution in [0.5, 0.6) is 0 Å². The summed E-state index contributed by atoms with van der Waals surface area (Å²) >= 11 is 0. The van der Waals surface area contributed by atoms with E-state index in [1.165, 1.54) is 0 Å². The molecule has 0 aromatic rings. The summed E-state index contributed by atoms with van der Waals surface area (Å²) in [6.45, 7) is 10.6. The highest BCUT2D eigenvalue weighted by molar-refractivity contribution is 5.87. The van der Waals surface area contributed by atoms with Crippen LogP contribution in [-0.4, -0.2) is 30.5 Å². The van der Waals surface area contributed by atoms with Crippen LogP contribution in [0.15, 0.2) is 12.2 Å². The van der Waals surface area contributed by atoms with Gasteiger partial charge in [0, 0.05) is 5.57 Å². The fourth-order valence-electron chi connectivity index (χ4n) is 1.27. The zero-order valence-corrected chi connectivity index (χ0v) is 9.41. The van der Waals surface area contributed by atoms with Gasteiger partial charge in [0.05, 0.1) is 0 Å². The third-order valence-electron chi connectivity index (χ3n) is 2.27. The van der Waals surface area contributed by atoms with Gasteiger partial charge in [0.15, 0.2) is 0 Å². The van der Waals surface area contributed by atoms with E-state index in [9.17, 15) is 10.0 Å². The Morgan fingerprint density at radius 3 is 2.53 bits per heavy atom. The molecule has 0 rings (SSSR count). The molecule has 0 unspecified atom stereocenters. The molecule has 0 fully saturated rings. The molecular formula is C10H19N2O3-. The van der Waals surface area contributed by atoms with Crippen LogP contribution in [0.3, 0.4) is 0 Å². The minimum atomic E-state index is -0.676. The predicted octanol–water partition coefficient (Wildman–Crippen LogP) is 1.21. The Morgan fingerprint density at radius 1 is 1.47 bits per heavy atom. The van der Waals surface area contributed by atoms with Crippen molar-refractivity contribution in [3.63, 3.8) is 0 Å². The van der Waals surface area contributed by atoms with Gasteiger partial charge in [0.1, 0.15) is 0 Å². The molecule has 0 amide bonds. The zero-order valence-electron chi connectivity index (χ0n) is 9.41. The highest BCUT2D eigenvalue weighted by Crippen LogP contribution is 2.05. The van der Waals surface area contributed by atoms with E-state index in [-0.39, 0.29) is 0 Å². The topological polar surface area (TPSA) is 64.6 Å². The number of hydrogen-bond donors (Lipinski definition) is 1. The molecule has 0 aromatic carbocycles. The SMILES string of the molecule is C=C(CCCN(CC)CC)C(=O)ON[O-]. The summed E-state index contributed by atoms with van der Waals surface area (Å²) in [6.07, 6.45) is 1.39. The van der Waals surface area contributed by atoms with Gasteiger partial charge in [-0.25, -0.2) is 10.4 Å². The fourth-order valence-corrected chi connectivity index (χ4v) is 1.27. The minimum absolute atomic E-state index is 0.325. The largest absolute Gasteiger partial charge is 0.755 e. The Kier molecular flexibility index (Phi) is 7.89. The van der Waals surface area contributed by atoms with Gasteiger partial charge in [-0.15, -0.1) is 0 Å². The second-order valence-electron chi connectivity index (χ2n) is 3.21. The normalized spacial score (nSPS) is 10.4. The summed E-state index contributed by atoms with van der Waals surface area (Å²) in [5, 5.41) is 9.78. The molecule has 0 aliphatic rings. The molecule has 0 heterocycles. The highest BCUT2D eigenvalue weighted by Gasteiger charge is 2.07. The maximum Gasteiger partial charge on any atom is 0.351 e. The van der Waals surface area contributed by atoms with Crippen molar-refractivity contribution in [2.45, 2.75) is 26.7 Å². The van der Waals surface area contributed by atoms with Crippen LogP contribution < -0.4 is 5.64 Å². The lowest BCUT2D eigenvalue weighted by Gasteiger charge is -2.17. The lowest BCUT2D eigenvalue weighted by molar-refractivity contribution is -0.144. The first kappa shape index (κ1) is 14.1. The molecule has 5 nitrogen and oxygen atoms in total. The molecule has 0 saturated heterocycles. The first-order chi connectivity index (χ1) is 7.15. The molecule has 0 atom stereocenters. The summed E-state index contributed by atoms with van der Waals surface area (Å²) < 4.78 is 0. The fraction of sp³-hybridized carbons (Fsp3) is 0.700. The number of carbonyl (C=O) groups is 1. The quantitative estimate of drug-likeness (QED) is 0.487. The zero-order chi connectivity index (χ0) is 11.7. The van der Waals surface area contributed by atoms with Crippen LogP contribution in [0.25, 0.3) is 0 Å². The molecule has 1 N–H and O–H groups in total. The average molecular weight is 215 g/mol. The molecule has 0 aliphatic heterocycles. The third-order valence-corrected chi connectivity index (χ3v) is 2.27. The van der Waals surface area contributed by atoms with Crippen LogP contribution in [0.1, 0.15) is 26.7 Å². The Hall–Kier alpha value is -0.910. The molecular weight excluding hydrogens is 196 g/mol. The van der Waals surface area contributed by atoms with E-state index < -0.39 is 5.97 Å². The summed E-state index contributed by atoms with van der Waals surface area (Å²) in [5.74, 6) is -0.676. The first-order valence-corrected chi connectivity index (χ1v) is 5.14. The van der Waals surface area contributed by atoms with E-state index in [0.717, 1.165) is 31.7 Å². The van der Waals surface area contributed by atoms with Gasteiger partial charge in [-0.05, 0) is 32.5 Å². The van der Waals surface area contributed by atoms with E-state index in [1.807, 2.05) is 0 Å². The number of rotatable bonds is 8. The molecule has 0 radical (unpaired) electrons. The lowest BCUT2D eigenvalue weighted by atomic mass is 10.1. The van der Waals surface area contributed by atoms with E-state index >= 15 is 0 Å². The number of nitrogens with zero attached hydrogens (tertiary/aromatic N) is 1. The van der Waals surface area contributed by atoms with Crippen LogP contribution in [0, 0.1) is 5.21 Å². The Morgan fingerprint density at radius 2 is 2.07 bits per heavy atom. The molecule has 88 valence electrons. The Bertz CT molecular complexity index is 203. The predicted molar refractivity (Wildman–Crippen MR) is 58.8 cm³/mol. The molecule has 0 aliphatic carbocycles. The van der Waals surface area contributed by atoms with Crippen molar-refractivity contribution in [2.24, 2.45) is 0 Å². The van der Waals surface area contributed by atoms with E-state index in [4.69, 9.17) is 0 Å². The van der Waals surface area contributed by atoms with E-state index in [2.05, 4.69) is 30.2 Å². The van der Waals surface area contributed by atoms with Crippen LogP contribution in [0.4, 0.5) is 0 Å². The van der Waals surface area contributed by atoms with Crippen molar-refractivity contribution in [1.82, 2.24) is 10.5 Å². The van der Waals surface area contributed by atoms with Crippen LogP contribution in [-0.2, 0) is 9.63 Å². The lowest BCUT2D eigenvalue weighted by Crippen LogP contribution is -2.24. The van der Waals surface area contributed by atoms with Crippen molar-refractivity contribution in [2.75, 3.05) is 19.6 Å². The molecule has 0 spiro atoms. The highest BCUT2D eigenvalue weighted by atomic mass is 16.9. The summed E-state index contributed by atoms with van der Waals surface area (Å²) in [5.41, 5.74) is 1.42. The third kappa shape index (κ3) is 6.22. The molecule has 0 saturated carbocycles. The monoisotopic (exact) mass is 215 g/mol. The summed E-state index contributed by atoms with van der Waals surface area (Å²) in [6, 6.07) is 0. The van der Waals surface area contributed by atoms with Gasteiger partial charge in [0.25, 0.3) is 0 Å². The van der Waals surface area contributed by atoms with Gasteiger partial charge in [-0.1, -0.05) is 20.4 Å². The van der Waals surface area contributed by atoms with Crippen molar-refractivity contribution >= 4 is 5.97 Å². The smallest absolute Gasteiger partial charge is 0.351 e. The summed E-state index contributed by atoms with van der Waals surface area (Å²) in [4.78, 5) is 17.3. The van der Waals surface area contributed by atoms with Crippen molar-refractivity contribution in [3.05, 3.63) is 17.4 Å². The van der Waals surface area contributed by atoms with Gasteiger partial charge in [-0.3, -0.25) is 0 Å². The average Bonchev–Trinajstić information content (AvgIpc) is 2.24. The number of carbonyl (C=O) groups excluding carboxylic acids is 1. The Balaban J connectivity index is 3.67. The second kappa shape index (κ2) is 8.40. The molecule has 15 heavy (non-hydrogen) atoms. The van der Waals surface area contributed by atoms with Crippen LogP contribution in [0.2, 0.25) is 0 Å². The van der Waals surface area contributed by atoms with Crippen molar-refractivity contribution < 1.29 is 9.63 Å². The minimum Gasteiger partial charge on any atom is -0.755 e. The van der Waals surface area contributed by atoms with Gasteiger partial charge in [0.2, 0.25) is 0 Å². The first-order valence-electron chi connectivity index (χ1n) is 5.14. The summed E-state index contributed by atoms with van der Waals surface area (Å²) in [7, 11) is 0. The van der Waals surface area contributed by atoms with Gasteiger partial charge in [-0.2, -0.15) is 0 Å². The van der Waals surface area contributed by atoms with E-state index in [1.54, 1.807) is 0 Å². The number of hydrogen-bond acceptors (Lipinski definition) is 5. The van der Waals surface area contributed by atoms with Crippen LogP contribution >= 0.6 is 0 Å². The van der Waals surface area contributed by atoms with Crippen molar-refractivity contribution in [3.8, 4) is 0 Å². The Labute approximate surface area is 90.6 Å². The second-order valence-corrected chi connectivity index (χ2v) is 3.21. The maximum absolute atomic E-state index is 11.0. The van der Waals surface area contributed by atoms with Crippen molar-refractivity contribution in [1.29, 1.82) is 0 Å². The van der Waals surface area contributed by atoms with Gasteiger partial charge >= 0.3 is 5.97 Å². The maximum atomic E-state index is 11.0. The van der Waals surface area contributed by atoms with Gasteiger partial charge < -0.3 is 14.9 Å². The molecule has 0 bridgehead atoms. The standard InChI is InChI=1S/C10H19N2O3/c1-4-12(5-2)8-6-7-9(3)10(13)15-11-14/h11H,3-8H2,1-2H3/q-1. The van der Waals surface area contributed by atoms with E-state index in [0.29, 0.717) is 12.0 Å². The molecule has 0 aromatic heterocycles.